The molecule has 0 aliphatic heterocycles. The van der Waals surface area contributed by atoms with Crippen molar-refractivity contribution in [1.29, 1.82) is 0 Å². The third-order valence-electron chi connectivity index (χ3n) is 6.01. The van der Waals surface area contributed by atoms with Crippen LogP contribution in [0.2, 0.25) is 0 Å². The minimum Gasteiger partial charge on any atom is -0.507 e. The lowest BCUT2D eigenvalue weighted by Crippen LogP contribution is -2.11. The van der Waals surface area contributed by atoms with Gasteiger partial charge < -0.3 is 29.2 Å². The summed E-state index contributed by atoms with van der Waals surface area (Å²) in [7, 11) is 0. The normalized spacial score (nSPS) is 11.4. The van der Waals surface area contributed by atoms with Gasteiger partial charge in [-0.25, -0.2) is 9.59 Å². The standard InChI is InChI=1S/C27H15NO8/c28-25(31)15-11-12(9-10-16(15)29)23-19(20-22(30)13-5-1-3-7-17(13)34-26(20)32)21-24(36-23)14-6-2-4-8-18(14)35-27(21)33/h1-11,29-30H,(H2,28,31). The summed E-state index contributed by atoms with van der Waals surface area (Å²) in [5.74, 6) is -1.71. The molecule has 0 radical (unpaired) electrons. The van der Waals surface area contributed by atoms with Crippen LogP contribution in [0.5, 0.6) is 11.5 Å². The van der Waals surface area contributed by atoms with E-state index < -0.39 is 22.9 Å². The summed E-state index contributed by atoms with van der Waals surface area (Å²) in [6, 6.07) is 17.0. The first kappa shape index (κ1) is 21.2. The molecule has 0 fully saturated rings. The molecule has 1 amide bonds. The van der Waals surface area contributed by atoms with E-state index in [-0.39, 0.29) is 61.3 Å². The number of hydrogen-bond acceptors (Lipinski definition) is 8. The highest BCUT2D eigenvalue weighted by molar-refractivity contribution is 6.12. The van der Waals surface area contributed by atoms with Gasteiger partial charge in [0, 0.05) is 5.56 Å². The summed E-state index contributed by atoms with van der Waals surface area (Å²) in [6.07, 6.45) is 0. The Hall–Kier alpha value is -5.31. The van der Waals surface area contributed by atoms with Gasteiger partial charge in [-0.1, -0.05) is 24.3 Å². The minimum atomic E-state index is -0.920. The molecule has 3 aromatic carbocycles. The highest BCUT2D eigenvalue weighted by Gasteiger charge is 2.29. The first-order valence-corrected chi connectivity index (χ1v) is 10.7. The number of fused-ring (bicyclic) bond motifs is 4. The third kappa shape index (κ3) is 3.00. The zero-order chi connectivity index (χ0) is 25.1. The SMILES string of the molecule is NC(=O)c1cc(-c2oc3c(c2-c2c(O)c4ccccc4oc2=O)c(=O)oc2ccccc23)ccc1O. The summed E-state index contributed by atoms with van der Waals surface area (Å²) >= 11 is 0. The van der Waals surface area contributed by atoms with E-state index in [1.807, 2.05) is 0 Å². The van der Waals surface area contributed by atoms with Gasteiger partial charge in [-0.15, -0.1) is 0 Å². The van der Waals surface area contributed by atoms with Crippen LogP contribution in [0.25, 0.3) is 55.4 Å². The van der Waals surface area contributed by atoms with Crippen molar-refractivity contribution in [3.05, 3.63) is 93.1 Å². The predicted molar refractivity (Wildman–Crippen MR) is 131 cm³/mol. The quantitative estimate of drug-likeness (QED) is 0.312. The van der Waals surface area contributed by atoms with Crippen molar-refractivity contribution >= 4 is 38.8 Å². The topological polar surface area (TPSA) is 157 Å². The van der Waals surface area contributed by atoms with Crippen LogP contribution in [0.15, 0.2) is 89.6 Å². The molecule has 3 heterocycles. The van der Waals surface area contributed by atoms with Crippen molar-refractivity contribution in [2.75, 3.05) is 0 Å². The van der Waals surface area contributed by atoms with Crippen LogP contribution in [0.1, 0.15) is 10.4 Å². The van der Waals surface area contributed by atoms with E-state index in [1.54, 1.807) is 42.5 Å². The summed E-state index contributed by atoms with van der Waals surface area (Å²) in [5.41, 5.74) is 3.78. The van der Waals surface area contributed by atoms with Crippen molar-refractivity contribution in [3.63, 3.8) is 0 Å². The highest BCUT2D eigenvalue weighted by Crippen LogP contribution is 2.45. The number of benzene rings is 3. The second-order valence-electron chi connectivity index (χ2n) is 8.10. The van der Waals surface area contributed by atoms with Gasteiger partial charge >= 0.3 is 11.3 Å². The fourth-order valence-corrected chi connectivity index (χ4v) is 4.38. The minimum absolute atomic E-state index is 0.0333. The molecule has 6 rings (SSSR count). The second-order valence-corrected chi connectivity index (χ2v) is 8.10. The van der Waals surface area contributed by atoms with Crippen LogP contribution in [-0.4, -0.2) is 16.1 Å². The molecule has 6 aromatic rings. The van der Waals surface area contributed by atoms with Crippen molar-refractivity contribution < 1.29 is 28.3 Å². The highest BCUT2D eigenvalue weighted by atomic mass is 16.4. The maximum absolute atomic E-state index is 13.2. The maximum Gasteiger partial charge on any atom is 0.348 e. The fourth-order valence-electron chi connectivity index (χ4n) is 4.38. The van der Waals surface area contributed by atoms with E-state index in [0.717, 1.165) is 0 Å². The summed E-state index contributed by atoms with van der Waals surface area (Å²) in [6.45, 7) is 0. The van der Waals surface area contributed by atoms with Crippen LogP contribution in [-0.2, 0) is 0 Å². The zero-order valence-corrected chi connectivity index (χ0v) is 18.3. The van der Waals surface area contributed by atoms with Gasteiger partial charge in [-0.2, -0.15) is 0 Å². The fraction of sp³-hybridized carbons (Fsp3) is 0. The summed E-state index contributed by atoms with van der Waals surface area (Å²) in [4.78, 5) is 38.2. The summed E-state index contributed by atoms with van der Waals surface area (Å²) < 4.78 is 17.1. The number of aromatic hydroxyl groups is 2. The average molecular weight is 481 g/mol. The molecule has 3 aromatic heterocycles. The molecule has 0 aliphatic rings. The van der Waals surface area contributed by atoms with Crippen LogP contribution in [0.3, 0.4) is 0 Å². The Bertz CT molecular complexity index is 1990. The molecule has 0 spiro atoms. The summed E-state index contributed by atoms with van der Waals surface area (Å²) in [5, 5.41) is 21.8. The molecular weight excluding hydrogens is 466 g/mol. The second kappa shape index (κ2) is 7.60. The lowest BCUT2D eigenvalue weighted by Gasteiger charge is -2.08. The van der Waals surface area contributed by atoms with Gasteiger partial charge in [-0.3, -0.25) is 4.79 Å². The molecule has 36 heavy (non-hydrogen) atoms. The van der Waals surface area contributed by atoms with Crippen LogP contribution in [0, 0.1) is 0 Å². The molecule has 9 heteroatoms. The number of hydrogen-bond donors (Lipinski definition) is 3. The zero-order valence-electron chi connectivity index (χ0n) is 18.3. The van der Waals surface area contributed by atoms with E-state index in [4.69, 9.17) is 19.0 Å². The van der Waals surface area contributed by atoms with Gasteiger partial charge in [-0.05, 0) is 42.5 Å². The van der Waals surface area contributed by atoms with E-state index in [9.17, 15) is 24.6 Å². The number of amides is 1. The molecule has 0 atom stereocenters. The number of rotatable bonds is 3. The van der Waals surface area contributed by atoms with Crippen molar-refractivity contribution in [2.45, 2.75) is 0 Å². The van der Waals surface area contributed by atoms with E-state index in [2.05, 4.69) is 0 Å². The maximum atomic E-state index is 13.2. The van der Waals surface area contributed by atoms with Gasteiger partial charge in [0.1, 0.15) is 39.4 Å². The van der Waals surface area contributed by atoms with Crippen LogP contribution in [0.4, 0.5) is 0 Å². The number of para-hydroxylation sites is 2. The van der Waals surface area contributed by atoms with Crippen molar-refractivity contribution in [2.24, 2.45) is 5.73 Å². The molecular formula is C27H15NO8. The molecule has 0 unspecified atom stereocenters. The molecule has 0 saturated heterocycles. The van der Waals surface area contributed by atoms with E-state index >= 15 is 0 Å². The smallest absolute Gasteiger partial charge is 0.348 e. The lowest BCUT2D eigenvalue weighted by atomic mass is 9.97. The van der Waals surface area contributed by atoms with Gasteiger partial charge in [0.15, 0.2) is 5.58 Å². The largest absolute Gasteiger partial charge is 0.507 e. The third-order valence-corrected chi connectivity index (χ3v) is 6.01. The number of carbonyl (C=O) groups excluding carboxylic acids is 1. The number of carbonyl (C=O) groups is 1. The number of phenols is 1. The molecule has 0 saturated carbocycles. The molecule has 0 aliphatic carbocycles. The Morgan fingerprint density at radius 1 is 0.750 bits per heavy atom. The Morgan fingerprint density at radius 2 is 1.39 bits per heavy atom. The van der Waals surface area contributed by atoms with Gasteiger partial charge in [0.25, 0.3) is 5.91 Å². The Morgan fingerprint density at radius 3 is 2.11 bits per heavy atom. The number of nitrogens with two attached hydrogens (primary N) is 1. The predicted octanol–water partition coefficient (Wildman–Crippen LogP) is 4.49. The molecule has 9 nitrogen and oxygen atoms in total. The Labute approximate surface area is 200 Å². The molecule has 0 bridgehead atoms. The average Bonchev–Trinajstić information content (AvgIpc) is 3.25. The Balaban J connectivity index is 1.83. The molecule has 4 N–H and O–H groups in total. The monoisotopic (exact) mass is 481 g/mol. The Kier molecular flexibility index (Phi) is 4.49. The van der Waals surface area contributed by atoms with Crippen molar-refractivity contribution in [3.8, 4) is 33.9 Å². The number of furan rings is 1. The molecule has 176 valence electrons. The first-order chi connectivity index (χ1) is 17.3. The van der Waals surface area contributed by atoms with Crippen molar-refractivity contribution in [1.82, 2.24) is 0 Å². The van der Waals surface area contributed by atoms with E-state index in [0.29, 0.717) is 5.39 Å². The van der Waals surface area contributed by atoms with Gasteiger partial charge in [0.05, 0.1) is 21.9 Å². The van der Waals surface area contributed by atoms with E-state index in [1.165, 1.54) is 24.3 Å². The van der Waals surface area contributed by atoms with Crippen LogP contribution < -0.4 is 17.0 Å². The number of primary amides is 1. The lowest BCUT2D eigenvalue weighted by molar-refractivity contribution is 0.0998. The van der Waals surface area contributed by atoms with Gasteiger partial charge in [0.2, 0.25) is 0 Å². The van der Waals surface area contributed by atoms with Crippen LogP contribution >= 0.6 is 0 Å². The first-order valence-electron chi connectivity index (χ1n) is 10.7.